The molecule has 0 aliphatic rings. The summed E-state index contributed by atoms with van der Waals surface area (Å²) in [5.41, 5.74) is 0.924. The molecule has 0 fully saturated rings. The van der Waals surface area contributed by atoms with E-state index < -0.39 is 0 Å². The summed E-state index contributed by atoms with van der Waals surface area (Å²) in [6.45, 7) is 6.16. The van der Waals surface area contributed by atoms with Crippen LogP contribution in [-0.2, 0) is 6.54 Å². The fourth-order valence-electron chi connectivity index (χ4n) is 1.71. The lowest BCUT2D eigenvalue weighted by atomic mass is 10.2. The number of para-hydroxylation sites is 1. The summed E-state index contributed by atoms with van der Waals surface area (Å²) in [4.78, 5) is 11.7. The molecule has 3 N–H and O–H groups in total. The molecular formula is C15H24N2O3. The number of carbonyl (C=O) groups excluding carboxylic acids is 1. The lowest BCUT2D eigenvalue weighted by molar-refractivity contribution is 0.214. The predicted molar refractivity (Wildman–Crippen MR) is 78.7 cm³/mol. The van der Waals surface area contributed by atoms with Crippen LogP contribution in [0.1, 0.15) is 32.8 Å². The Hall–Kier alpha value is -1.75. The average molecular weight is 280 g/mol. The molecule has 0 saturated carbocycles. The number of ether oxygens (including phenoxy) is 1. The highest BCUT2D eigenvalue weighted by Gasteiger charge is 2.10. The Morgan fingerprint density at radius 1 is 1.35 bits per heavy atom. The van der Waals surface area contributed by atoms with Crippen LogP contribution in [-0.4, -0.2) is 29.9 Å². The zero-order valence-electron chi connectivity index (χ0n) is 12.3. The van der Waals surface area contributed by atoms with Gasteiger partial charge < -0.3 is 20.5 Å². The van der Waals surface area contributed by atoms with Crippen LogP contribution < -0.4 is 15.4 Å². The number of aliphatic hydroxyl groups is 1. The first-order valence-corrected chi connectivity index (χ1v) is 6.96. The van der Waals surface area contributed by atoms with Crippen LogP contribution in [0, 0.1) is 0 Å². The number of urea groups is 1. The monoisotopic (exact) mass is 280 g/mol. The van der Waals surface area contributed by atoms with Crippen LogP contribution in [0.3, 0.4) is 0 Å². The lowest BCUT2D eigenvalue weighted by Crippen LogP contribution is -2.43. The highest BCUT2D eigenvalue weighted by molar-refractivity contribution is 5.74. The van der Waals surface area contributed by atoms with Gasteiger partial charge in [0.15, 0.2) is 0 Å². The summed E-state index contributed by atoms with van der Waals surface area (Å²) in [6.07, 6.45) is 0.778. The molecule has 1 aromatic carbocycles. The molecule has 0 radical (unpaired) electrons. The van der Waals surface area contributed by atoms with Crippen LogP contribution in [0.15, 0.2) is 24.3 Å². The molecule has 0 spiro atoms. The predicted octanol–water partition coefficient (Wildman–Crippen LogP) is 2.04. The summed E-state index contributed by atoms with van der Waals surface area (Å²) in [5.74, 6) is 0.775. The molecule has 5 nitrogen and oxygen atoms in total. The summed E-state index contributed by atoms with van der Waals surface area (Å²) >= 11 is 0. The number of carbonyl (C=O) groups is 1. The Labute approximate surface area is 120 Å². The molecule has 112 valence electrons. The van der Waals surface area contributed by atoms with Gasteiger partial charge in [0, 0.05) is 12.1 Å². The number of nitrogens with one attached hydrogen (secondary N) is 2. The van der Waals surface area contributed by atoms with Gasteiger partial charge in [0.05, 0.1) is 18.8 Å². The lowest BCUT2D eigenvalue weighted by Gasteiger charge is -2.17. The SMILES string of the molecule is CC[C@H](CO)NC(=O)NCc1ccccc1OC(C)C. The maximum atomic E-state index is 11.7. The number of hydrogen-bond donors (Lipinski definition) is 3. The fourth-order valence-corrected chi connectivity index (χ4v) is 1.71. The Bertz CT molecular complexity index is 417. The van der Waals surface area contributed by atoms with Crippen molar-refractivity contribution in [1.82, 2.24) is 10.6 Å². The van der Waals surface area contributed by atoms with E-state index in [1.54, 1.807) is 0 Å². The minimum atomic E-state index is -0.287. The molecule has 20 heavy (non-hydrogen) atoms. The van der Waals surface area contributed by atoms with Crippen molar-refractivity contribution in [2.45, 2.75) is 45.9 Å². The van der Waals surface area contributed by atoms with Gasteiger partial charge in [-0.25, -0.2) is 4.79 Å². The molecule has 0 unspecified atom stereocenters. The van der Waals surface area contributed by atoms with Crippen molar-refractivity contribution in [2.24, 2.45) is 0 Å². The number of amides is 2. The Balaban J connectivity index is 2.54. The first kappa shape index (κ1) is 16.3. The van der Waals surface area contributed by atoms with Crippen molar-refractivity contribution in [2.75, 3.05) is 6.61 Å². The minimum Gasteiger partial charge on any atom is -0.491 e. The van der Waals surface area contributed by atoms with E-state index >= 15 is 0 Å². The third kappa shape index (κ3) is 5.48. The second-order valence-corrected chi connectivity index (χ2v) is 4.89. The standard InChI is InChI=1S/C15H24N2O3/c1-4-13(10-18)17-15(19)16-9-12-7-5-6-8-14(12)20-11(2)3/h5-8,11,13,18H,4,9-10H2,1-3H3,(H2,16,17,19)/t13-/m1/s1. The van der Waals surface area contributed by atoms with Crippen LogP contribution in [0.4, 0.5) is 4.79 Å². The van der Waals surface area contributed by atoms with Crippen molar-refractivity contribution in [3.8, 4) is 5.75 Å². The summed E-state index contributed by atoms with van der Waals surface area (Å²) < 4.78 is 5.69. The zero-order valence-corrected chi connectivity index (χ0v) is 12.3. The second kappa shape index (κ2) is 8.43. The van der Waals surface area contributed by atoms with E-state index in [0.29, 0.717) is 13.0 Å². The third-order valence-electron chi connectivity index (χ3n) is 2.82. The average Bonchev–Trinajstić information content (AvgIpc) is 2.43. The van der Waals surface area contributed by atoms with Gasteiger partial charge in [-0.2, -0.15) is 0 Å². The van der Waals surface area contributed by atoms with Gasteiger partial charge in [-0.15, -0.1) is 0 Å². The van der Waals surface area contributed by atoms with E-state index in [0.717, 1.165) is 11.3 Å². The van der Waals surface area contributed by atoms with Crippen molar-refractivity contribution < 1.29 is 14.6 Å². The molecule has 0 aromatic heterocycles. The van der Waals surface area contributed by atoms with Crippen LogP contribution in [0.2, 0.25) is 0 Å². The zero-order chi connectivity index (χ0) is 15.0. The molecule has 1 rings (SSSR count). The van der Waals surface area contributed by atoms with Crippen molar-refractivity contribution in [3.05, 3.63) is 29.8 Å². The summed E-state index contributed by atoms with van der Waals surface area (Å²) in [5, 5.41) is 14.5. The highest BCUT2D eigenvalue weighted by atomic mass is 16.5. The molecule has 1 atom stereocenters. The van der Waals surface area contributed by atoms with Gasteiger partial charge >= 0.3 is 6.03 Å². The molecular weight excluding hydrogens is 256 g/mol. The van der Waals surface area contributed by atoms with Crippen LogP contribution >= 0.6 is 0 Å². The second-order valence-electron chi connectivity index (χ2n) is 4.89. The van der Waals surface area contributed by atoms with Gasteiger partial charge in [0.25, 0.3) is 0 Å². The van der Waals surface area contributed by atoms with Crippen molar-refractivity contribution >= 4 is 6.03 Å². The molecule has 0 heterocycles. The maximum absolute atomic E-state index is 11.7. The normalized spacial score (nSPS) is 12.1. The smallest absolute Gasteiger partial charge is 0.315 e. The van der Waals surface area contributed by atoms with E-state index in [1.165, 1.54) is 0 Å². The van der Waals surface area contributed by atoms with E-state index in [4.69, 9.17) is 9.84 Å². The first-order valence-electron chi connectivity index (χ1n) is 6.96. The van der Waals surface area contributed by atoms with E-state index in [1.807, 2.05) is 45.0 Å². The van der Waals surface area contributed by atoms with Gasteiger partial charge in [-0.05, 0) is 26.3 Å². The van der Waals surface area contributed by atoms with Crippen molar-refractivity contribution in [1.29, 1.82) is 0 Å². The third-order valence-corrected chi connectivity index (χ3v) is 2.82. The largest absolute Gasteiger partial charge is 0.491 e. The van der Waals surface area contributed by atoms with E-state index in [-0.39, 0.29) is 24.8 Å². The Kier molecular flexibility index (Phi) is 6.87. The van der Waals surface area contributed by atoms with Gasteiger partial charge in [0.1, 0.15) is 5.75 Å². The van der Waals surface area contributed by atoms with Crippen LogP contribution in [0.25, 0.3) is 0 Å². The van der Waals surface area contributed by atoms with Crippen LogP contribution in [0.5, 0.6) is 5.75 Å². The van der Waals surface area contributed by atoms with Crippen molar-refractivity contribution in [3.63, 3.8) is 0 Å². The minimum absolute atomic E-state index is 0.0586. The molecule has 2 amide bonds. The summed E-state index contributed by atoms with van der Waals surface area (Å²) in [6, 6.07) is 7.12. The van der Waals surface area contributed by atoms with Gasteiger partial charge in [0.2, 0.25) is 0 Å². The summed E-state index contributed by atoms with van der Waals surface area (Å²) in [7, 11) is 0. The Morgan fingerprint density at radius 3 is 2.65 bits per heavy atom. The van der Waals surface area contributed by atoms with E-state index in [2.05, 4.69) is 10.6 Å². The quantitative estimate of drug-likeness (QED) is 0.716. The van der Waals surface area contributed by atoms with Gasteiger partial charge in [-0.1, -0.05) is 25.1 Å². The number of hydrogen-bond acceptors (Lipinski definition) is 3. The van der Waals surface area contributed by atoms with E-state index in [9.17, 15) is 4.79 Å². The van der Waals surface area contributed by atoms with Gasteiger partial charge in [-0.3, -0.25) is 0 Å². The number of aliphatic hydroxyl groups excluding tert-OH is 1. The maximum Gasteiger partial charge on any atom is 0.315 e. The number of rotatable bonds is 7. The number of benzene rings is 1. The first-order chi connectivity index (χ1) is 9.56. The molecule has 1 aromatic rings. The molecule has 0 aliphatic heterocycles. The molecule has 0 saturated heterocycles. The molecule has 0 aliphatic carbocycles. The molecule has 5 heteroatoms. The Morgan fingerprint density at radius 2 is 2.05 bits per heavy atom. The highest BCUT2D eigenvalue weighted by Crippen LogP contribution is 2.18. The topological polar surface area (TPSA) is 70.6 Å². The fraction of sp³-hybridized carbons (Fsp3) is 0.533. The molecule has 0 bridgehead atoms.